The van der Waals surface area contributed by atoms with E-state index in [0.717, 1.165) is 19.4 Å². The highest BCUT2D eigenvalue weighted by atomic mass is 16.5. The number of piperidine rings is 2. The Balaban J connectivity index is 0.000000247. The number of amides is 1. The van der Waals surface area contributed by atoms with Gasteiger partial charge in [0.05, 0.1) is 25.2 Å². The van der Waals surface area contributed by atoms with Gasteiger partial charge in [0.1, 0.15) is 0 Å². The largest absolute Gasteiger partial charge is 0.481 e. The number of carbonyl (C=O) groups is 2. The summed E-state index contributed by atoms with van der Waals surface area (Å²) in [7, 11) is 0. The van der Waals surface area contributed by atoms with E-state index in [2.05, 4.69) is 40.1 Å². The smallest absolute Gasteiger partial charge is 0.303 e. The van der Waals surface area contributed by atoms with Gasteiger partial charge in [0.15, 0.2) is 0 Å². The number of rotatable bonds is 3. The molecule has 1 saturated carbocycles. The van der Waals surface area contributed by atoms with Gasteiger partial charge in [-0.25, -0.2) is 0 Å². The molecule has 6 aliphatic rings. The monoisotopic (exact) mass is 436 g/mol. The summed E-state index contributed by atoms with van der Waals surface area (Å²) in [5, 5.41) is 8.04. The molecule has 1 aromatic carbocycles. The number of carboxylic acid groups (broad SMARTS) is 1. The Hall–Kier alpha value is -2.18. The maximum Gasteiger partial charge on any atom is 0.303 e. The number of nitrogens with zero attached hydrogens (tertiary/aromatic N) is 2. The normalized spacial score (nSPS) is 37.8. The van der Waals surface area contributed by atoms with E-state index in [9.17, 15) is 9.59 Å². The molecule has 32 heavy (non-hydrogen) atoms. The minimum atomic E-state index is -0.693. The van der Waals surface area contributed by atoms with Crippen LogP contribution in [-0.2, 0) is 19.7 Å². The number of fused-ring (bicyclic) bond motifs is 2. The molecule has 0 radical (unpaired) electrons. The maximum atomic E-state index is 13.2. The molecule has 0 unspecified atom stereocenters. The summed E-state index contributed by atoms with van der Waals surface area (Å²) >= 11 is 0. The molecule has 0 aromatic heterocycles. The molecule has 170 valence electrons. The second kappa shape index (κ2) is 7.42. The molecule has 1 N–H and O–H groups in total. The van der Waals surface area contributed by atoms with Crippen molar-refractivity contribution in [2.45, 2.75) is 69.1 Å². The van der Waals surface area contributed by atoms with E-state index in [4.69, 9.17) is 9.84 Å². The van der Waals surface area contributed by atoms with Crippen molar-refractivity contribution in [1.82, 2.24) is 4.90 Å². The lowest BCUT2D eigenvalue weighted by Crippen LogP contribution is -2.69. The second-order valence-corrected chi connectivity index (χ2v) is 10.3. The van der Waals surface area contributed by atoms with Crippen LogP contribution in [0.3, 0.4) is 0 Å². The number of unbranched alkanes of at least 4 members (excludes halogenated alkanes) is 1. The second-order valence-electron chi connectivity index (χ2n) is 10.3. The Morgan fingerprint density at radius 3 is 2.94 bits per heavy atom. The van der Waals surface area contributed by atoms with Gasteiger partial charge in [0, 0.05) is 36.0 Å². The van der Waals surface area contributed by atoms with E-state index in [1.54, 1.807) is 5.57 Å². The number of ether oxygens (including phenoxy) is 1. The summed E-state index contributed by atoms with van der Waals surface area (Å²) in [6.07, 6.45) is 7.51. The lowest BCUT2D eigenvalue weighted by Gasteiger charge is -2.58. The number of aliphatic carboxylic acids is 1. The van der Waals surface area contributed by atoms with Crippen LogP contribution in [-0.4, -0.2) is 59.8 Å². The van der Waals surface area contributed by atoms with Gasteiger partial charge in [0.2, 0.25) is 5.91 Å². The Bertz CT molecular complexity index is 990. The number of para-hydroxylation sites is 1. The molecule has 5 aliphatic heterocycles. The Morgan fingerprint density at radius 2 is 2.16 bits per heavy atom. The van der Waals surface area contributed by atoms with Gasteiger partial charge in [0.25, 0.3) is 0 Å². The summed E-state index contributed by atoms with van der Waals surface area (Å²) in [4.78, 5) is 27.8. The summed E-state index contributed by atoms with van der Waals surface area (Å²) in [6, 6.07) is 9.64. The molecule has 3 saturated heterocycles. The number of hydrogen-bond donors (Lipinski definition) is 1. The predicted molar refractivity (Wildman–Crippen MR) is 121 cm³/mol. The summed E-state index contributed by atoms with van der Waals surface area (Å²) in [5.41, 5.74) is 4.35. The number of carboxylic acids is 1. The van der Waals surface area contributed by atoms with E-state index >= 15 is 0 Å². The third-order valence-corrected chi connectivity index (χ3v) is 8.96. The molecule has 5 heterocycles. The zero-order valence-electron chi connectivity index (χ0n) is 18.7. The molecule has 1 aromatic rings. The van der Waals surface area contributed by atoms with Crippen LogP contribution < -0.4 is 4.90 Å². The first-order valence-electron chi connectivity index (χ1n) is 12.2. The van der Waals surface area contributed by atoms with Crippen molar-refractivity contribution in [1.29, 1.82) is 0 Å². The number of hydrogen-bond acceptors (Lipinski definition) is 4. The van der Waals surface area contributed by atoms with Crippen molar-refractivity contribution in [2.24, 2.45) is 11.8 Å². The highest BCUT2D eigenvalue weighted by Gasteiger charge is 2.70. The molecular formula is C26H32N2O4. The van der Waals surface area contributed by atoms with Crippen LogP contribution in [0.25, 0.3) is 0 Å². The third kappa shape index (κ3) is 2.65. The summed E-state index contributed by atoms with van der Waals surface area (Å²) in [6.45, 7) is 4.95. The molecule has 2 bridgehead atoms. The van der Waals surface area contributed by atoms with E-state index < -0.39 is 5.97 Å². The van der Waals surface area contributed by atoms with Gasteiger partial charge in [-0.3, -0.25) is 14.5 Å². The molecule has 6 atom stereocenters. The Kier molecular flexibility index (Phi) is 4.74. The van der Waals surface area contributed by atoms with Crippen molar-refractivity contribution in [3.63, 3.8) is 0 Å². The van der Waals surface area contributed by atoms with Gasteiger partial charge in [-0.2, -0.15) is 0 Å². The van der Waals surface area contributed by atoms with E-state index in [1.807, 2.05) is 6.92 Å². The first-order chi connectivity index (χ1) is 15.6. The molecule has 4 fully saturated rings. The van der Waals surface area contributed by atoms with Crippen LogP contribution in [0.15, 0.2) is 35.9 Å². The molecule has 6 nitrogen and oxygen atoms in total. The number of anilines is 1. The first-order valence-corrected chi connectivity index (χ1v) is 12.2. The van der Waals surface area contributed by atoms with Crippen LogP contribution in [0.4, 0.5) is 5.69 Å². The van der Waals surface area contributed by atoms with Crippen LogP contribution in [0, 0.1) is 11.8 Å². The molecule has 6 heteroatoms. The minimum Gasteiger partial charge on any atom is -0.481 e. The third-order valence-electron chi connectivity index (χ3n) is 8.96. The van der Waals surface area contributed by atoms with Crippen LogP contribution in [0.2, 0.25) is 0 Å². The van der Waals surface area contributed by atoms with Gasteiger partial charge >= 0.3 is 5.97 Å². The predicted octanol–water partition coefficient (Wildman–Crippen LogP) is 3.35. The van der Waals surface area contributed by atoms with Gasteiger partial charge in [-0.15, -0.1) is 0 Å². The quantitative estimate of drug-likeness (QED) is 0.736. The molecule has 1 amide bonds. The Morgan fingerprint density at radius 1 is 1.31 bits per heavy atom. The first kappa shape index (κ1) is 20.4. The summed E-state index contributed by atoms with van der Waals surface area (Å²) in [5.74, 6) is 0.657. The molecular weight excluding hydrogens is 404 g/mol. The van der Waals surface area contributed by atoms with Gasteiger partial charge in [-0.05, 0) is 43.4 Å². The fourth-order valence-electron chi connectivity index (χ4n) is 7.84. The van der Waals surface area contributed by atoms with Crippen molar-refractivity contribution >= 4 is 17.6 Å². The lowest BCUT2D eigenvalue weighted by atomic mass is 9.53. The Labute approximate surface area is 189 Å². The average molecular weight is 437 g/mol. The number of carbonyl (C=O) groups excluding carboxylic acids is 1. The zero-order valence-corrected chi connectivity index (χ0v) is 18.7. The average Bonchev–Trinajstić information content (AvgIpc) is 3.26. The van der Waals surface area contributed by atoms with E-state index in [0.29, 0.717) is 43.4 Å². The van der Waals surface area contributed by atoms with Crippen molar-refractivity contribution in [3.8, 4) is 0 Å². The van der Waals surface area contributed by atoms with Crippen molar-refractivity contribution < 1.29 is 19.4 Å². The van der Waals surface area contributed by atoms with Gasteiger partial charge in [-0.1, -0.05) is 43.2 Å². The van der Waals surface area contributed by atoms with Crippen LogP contribution in [0.5, 0.6) is 0 Å². The number of benzene rings is 1. The van der Waals surface area contributed by atoms with Crippen molar-refractivity contribution in [2.75, 3.05) is 24.6 Å². The van der Waals surface area contributed by atoms with E-state index in [1.165, 1.54) is 30.6 Å². The highest BCUT2D eigenvalue weighted by Crippen LogP contribution is 2.65. The summed E-state index contributed by atoms with van der Waals surface area (Å²) < 4.78 is 6.25. The molecule has 1 aliphatic carbocycles. The highest BCUT2D eigenvalue weighted by molar-refractivity contribution is 5.99. The molecule has 7 rings (SSSR count). The maximum absolute atomic E-state index is 13.2. The van der Waals surface area contributed by atoms with Crippen LogP contribution >= 0.6 is 0 Å². The SMILES string of the molecule is CCCCC(=O)O.O=C1C[C@@H]2OCC=C3CN4CC[C@]56c7ccccc7N1[C@H]5[C@H]2[C@H]3C[C@H]46. The van der Waals surface area contributed by atoms with Crippen LogP contribution in [0.1, 0.15) is 51.0 Å². The standard InChI is InChI=1S/C21H22N2O2.C5H10O2/c24-18-10-16-19-13-9-17-21(6-7-22(17)11-12(13)5-8-25-16)14-3-1-2-4-15(14)23(18)20(19)21;1-2-3-4-5(6)7/h1-5,13,16-17,19-20H,6-11H2;2-4H2,1H3,(H,6,7)/t13-,16-,17-,19-,20-,21+;/m0./s1. The zero-order chi connectivity index (χ0) is 22.0. The van der Waals surface area contributed by atoms with Crippen molar-refractivity contribution in [3.05, 3.63) is 41.5 Å². The van der Waals surface area contributed by atoms with E-state index in [-0.39, 0.29) is 17.4 Å². The topological polar surface area (TPSA) is 70.1 Å². The fourth-order valence-corrected chi connectivity index (χ4v) is 7.84. The minimum absolute atomic E-state index is 0.104. The molecule has 1 spiro atoms. The van der Waals surface area contributed by atoms with Gasteiger partial charge < -0.3 is 14.7 Å². The lowest BCUT2D eigenvalue weighted by molar-refractivity contribution is -0.137. The fraction of sp³-hybridized carbons (Fsp3) is 0.615.